The number of aryl methyl sites for hydroxylation is 1. The van der Waals surface area contributed by atoms with E-state index in [9.17, 15) is 4.79 Å². The zero-order valence-corrected chi connectivity index (χ0v) is 16.9. The highest BCUT2D eigenvalue weighted by Gasteiger charge is 2.39. The van der Waals surface area contributed by atoms with Gasteiger partial charge in [-0.3, -0.25) is 9.59 Å². The van der Waals surface area contributed by atoms with Gasteiger partial charge in [0.15, 0.2) is 0 Å². The molecule has 1 saturated heterocycles. The van der Waals surface area contributed by atoms with E-state index in [0.717, 1.165) is 32.4 Å². The molecule has 2 aromatic carbocycles. The van der Waals surface area contributed by atoms with Gasteiger partial charge in [-0.15, -0.1) is 0 Å². The van der Waals surface area contributed by atoms with E-state index in [4.69, 9.17) is 4.79 Å². The Morgan fingerprint density at radius 1 is 1.03 bits per heavy atom. The van der Waals surface area contributed by atoms with Crippen LogP contribution in [-0.2, 0) is 16.0 Å². The molecule has 5 heteroatoms. The molecule has 2 aliphatic rings. The second-order valence-electron chi connectivity index (χ2n) is 7.80. The van der Waals surface area contributed by atoms with Gasteiger partial charge in [-0.25, -0.2) is 0 Å². The van der Waals surface area contributed by atoms with E-state index >= 15 is 0 Å². The van der Waals surface area contributed by atoms with Crippen molar-refractivity contribution >= 4 is 12.3 Å². The minimum absolute atomic E-state index is 0.250. The van der Waals surface area contributed by atoms with Crippen LogP contribution in [0.1, 0.15) is 42.7 Å². The van der Waals surface area contributed by atoms with Crippen LogP contribution in [0.5, 0.6) is 0 Å². The van der Waals surface area contributed by atoms with Gasteiger partial charge in [0.1, 0.15) is 0 Å². The van der Waals surface area contributed by atoms with Crippen LogP contribution in [0, 0.1) is 0 Å². The smallest absolute Gasteiger partial charge is 0.222 e. The Morgan fingerprint density at radius 2 is 1.62 bits per heavy atom. The third kappa shape index (κ3) is 6.43. The standard InChI is InChI=1S/C23H28N2O.CH3NO/c26-23(12-11-18-7-3-1-4-8-18)25-15-13-20(14-16-25)24-22-17-21(22)19-9-5-2-6-10-19;2-1-3/h1-10,20-22,24H,11-17H2;1H,(H2,2,3). The minimum atomic E-state index is 0.250. The van der Waals surface area contributed by atoms with Crippen LogP contribution in [-0.4, -0.2) is 42.4 Å². The lowest BCUT2D eigenvalue weighted by Gasteiger charge is -2.33. The highest BCUT2D eigenvalue weighted by atomic mass is 16.2. The molecule has 2 fully saturated rings. The Labute approximate surface area is 173 Å². The molecule has 2 unspecified atom stereocenters. The lowest BCUT2D eigenvalue weighted by molar-refractivity contribution is -0.132. The van der Waals surface area contributed by atoms with Crippen molar-refractivity contribution in [3.05, 3.63) is 71.8 Å². The fourth-order valence-corrected chi connectivity index (χ4v) is 4.10. The van der Waals surface area contributed by atoms with Gasteiger partial charge in [0, 0.05) is 37.5 Å². The SMILES string of the molecule is NC=O.O=C(CCc1ccccc1)N1CCC(NC2CC2c2ccccc2)CC1. The van der Waals surface area contributed by atoms with Crippen molar-refractivity contribution in [2.24, 2.45) is 5.73 Å². The van der Waals surface area contributed by atoms with E-state index in [-0.39, 0.29) is 6.41 Å². The van der Waals surface area contributed by atoms with Crippen LogP contribution in [0.3, 0.4) is 0 Å². The van der Waals surface area contributed by atoms with Crippen LogP contribution in [0.15, 0.2) is 60.7 Å². The van der Waals surface area contributed by atoms with Crippen molar-refractivity contribution in [3.8, 4) is 0 Å². The monoisotopic (exact) mass is 393 g/mol. The first-order chi connectivity index (χ1) is 14.2. The zero-order chi connectivity index (χ0) is 20.5. The summed E-state index contributed by atoms with van der Waals surface area (Å²) in [5.41, 5.74) is 6.87. The Morgan fingerprint density at radius 3 is 2.24 bits per heavy atom. The maximum Gasteiger partial charge on any atom is 0.222 e. The summed E-state index contributed by atoms with van der Waals surface area (Å²) in [7, 11) is 0. The number of amides is 2. The maximum absolute atomic E-state index is 12.5. The van der Waals surface area contributed by atoms with Gasteiger partial charge < -0.3 is 16.0 Å². The number of carbonyl (C=O) groups is 2. The third-order valence-corrected chi connectivity index (χ3v) is 5.79. The molecule has 0 spiro atoms. The average molecular weight is 394 g/mol. The summed E-state index contributed by atoms with van der Waals surface area (Å²) in [6, 6.07) is 22.3. The Balaban J connectivity index is 0.000000755. The molecule has 0 aromatic heterocycles. The fourth-order valence-electron chi connectivity index (χ4n) is 4.10. The van der Waals surface area contributed by atoms with Crippen molar-refractivity contribution in [3.63, 3.8) is 0 Å². The van der Waals surface area contributed by atoms with E-state index in [1.54, 1.807) is 0 Å². The molecule has 0 bridgehead atoms. The van der Waals surface area contributed by atoms with Crippen molar-refractivity contribution in [1.82, 2.24) is 10.2 Å². The second-order valence-corrected chi connectivity index (χ2v) is 7.80. The average Bonchev–Trinajstić information content (AvgIpc) is 3.54. The number of primary amides is 1. The highest BCUT2D eigenvalue weighted by molar-refractivity contribution is 5.76. The molecule has 0 radical (unpaired) electrons. The molecule has 2 amide bonds. The van der Waals surface area contributed by atoms with Crippen LogP contribution in [0.25, 0.3) is 0 Å². The summed E-state index contributed by atoms with van der Waals surface area (Å²) >= 11 is 0. The van der Waals surface area contributed by atoms with Crippen LogP contribution >= 0.6 is 0 Å². The predicted molar refractivity (Wildman–Crippen MR) is 115 cm³/mol. The number of rotatable bonds is 6. The van der Waals surface area contributed by atoms with E-state index in [0.29, 0.717) is 30.3 Å². The first-order valence-electron chi connectivity index (χ1n) is 10.5. The van der Waals surface area contributed by atoms with Gasteiger partial charge >= 0.3 is 0 Å². The topological polar surface area (TPSA) is 75.4 Å². The van der Waals surface area contributed by atoms with E-state index in [1.165, 1.54) is 17.5 Å². The third-order valence-electron chi connectivity index (χ3n) is 5.79. The fraction of sp³-hybridized carbons (Fsp3) is 0.417. The van der Waals surface area contributed by atoms with E-state index in [1.807, 2.05) is 18.2 Å². The van der Waals surface area contributed by atoms with Crippen molar-refractivity contribution < 1.29 is 9.59 Å². The molecule has 1 aliphatic heterocycles. The van der Waals surface area contributed by atoms with Crippen molar-refractivity contribution in [2.45, 2.75) is 50.1 Å². The lowest BCUT2D eigenvalue weighted by atomic mass is 10.0. The predicted octanol–water partition coefficient (Wildman–Crippen LogP) is 2.86. The van der Waals surface area contributed by atoms with Crippen LogP contribution < -0.4 is 11.1 Å². The minimum Gasteiger partial charge on any atom is -0.372 e. The number of nitrogens with zero attached hydrogens (tertiary/aromatic N) is 1. The first kappa shape index (κ1) is 21.1. The number of hydrogen-bond donors (Lipinski definition) is 2. The number of piperidine rings is 1. The molecule has 1 heterocycles. The lowest BCUT2D eigenvalue weighted by Crippen LogP contribution is -2.45. The highest BCUT2D eigenvalue weighted by Crippen LogP contribution is 2.41. The van der Waals surface area contributed by atoms with Gasteiger partial charge in [-0.1, -0.05) is 60.7 Å². The molecule has 2 aromatic rings. The van der Waals surface area contributed by atoms with E-state index < -0.39 is 0 Å². The van der Waals surface area contributed by atoms with Crippen molar-refractivity contribution in [1.29, 1.82) is 0 Å². The molecule has 3 N–H and O–H groups in total. The summed E-state index contributed by atoms with van der Waals surface area (Å²) in [6.45, 7) is 1.79. The molecular formula is C24H31N3O2. The van der Waals surface area contributed by atoms with Gasteiger partial charge in [-0.2, -0.15) is 0 Å². The van der Waals surface area contributed by atoms with Crippen molar-refractivity contribution in [2.75, 3.05) is 13.1 Å². The summed E-state index contributed by atoms with van der Waals surface area (Å²) in [6.07, 6.45) is 5.13. The van der Waals surface area contributed by atoms with Crippen LogP contribution in [0.4, 0.5) is 0 Å². The number of likely N-dealkylation sites (tertiary alicyclic amines) is 1. The molecule has 4 rings (SSSR count). The zero-order valence-electron chi connectivity index (χ0n) is 16.9. The number of nitrogens with one attached hydrogen (secondary N) is 1. The number of nitrogens with two attached hydrogens (primary N) is 1. The Kier molecular flexibility index (Phi) is 7.82. The molecule has 1 saturated carbocycles. The largest absolute Gasteiger partial charge is 0.372 e. The molecule has 29 heavy (non-hydrogen) atoms. The van der Waals surface area contributed by atoms with Gasteiger partial charge in [-0.05, 0) is 36.8 Å². The number of carbonyl (C=O) groups excluding carboxylic acids is 2. The number of benzene rings is 2. The maximum atomic E-state index is 12.5. The molecule has 1 aliphatic carbocycles. The Hall–Kier alpha value is -2.66. The van der Waals surface area contributed by atoms with E-state index in [2.05, 4.69) is 58.4 Å². The van der Waals surface area contributed by atoms with Gasteiger partial charge in [0.2, 0.25) is 12.3 Å². The summed E-state index contributed by atoms with van der Waals surface area (Å²) in [4.78, 5) is 23.1. The summed E-state index contributed by atoms with van der Waals surface area (Å²) in [5.74, 6) is 0.989. The Bertz CT molecular complexity index is 758. The molecule has 2 atom stereocenters. The summed E-state index contributed by atoms with van der Waals surface area (Å²) < 4.78 is 0. The van der Waals surface area contributed by atoms with Crippen LogP contribution in [0.2, 0.25) is 0 Å². The molecular weight excluding hydrogens is 362 g/mol. The van der Waals surface area contributed by atoms with Gasteiger partial charge in [0.25, 0.3) is 0 Å². The quantitative estimate of drug-likeness (QED) is 0.741. The van der Waals surface area contributed by atoms with Gasteiger partial charge in [0.05, 0.1) is 0 Å². The molecule has 5 nitrogen and oxygen atoms in total. The second kappa shape index (κ2) is 10.8. The summed E-state index contributed by atoms with van der Waals surface area (Å²) in [5, 5.41) is 3.82. The normalized spacial score (nSPS) is 21.0. The first-order valence-corrected chi connectivity index (χ1v) is 10.5. The molecule has 154 valence electrons. The number of hydrogen-bond acceptors (Lipinski definition) is 3.